The summed E-state index contributed by atoms with van der Waals surface area (Å²) in [5.74, 6) is 2.77. The van der Waals surface area contributed by atoms with Gasteiger partial charge < -0.3 is 15.1 Å². The third-order valence-electron chi connectivity index (χ3n) is 6.46. The van der Waals surface area contributed by atoms with Crippen LogP contribution in [0.2, 0.25) is 0 Å². The van der Waals surface area contributed by atoms with Crippen LogP contribution in [0, 0.1) is 11.8 Å². The highest BCUT2D eigenvalue weighted by Gasteiger charge is 2.37. The van der Waals surface area contributed by atoms with E-state index in [9.17, 15) is 4.79 Å². The first-order chi connectivity index (χ1) is 14.7. The van der Waals surface area contributed by atoms with Gasteiger partial charge in [0.25, 0.3) is 0 Å². The number of rotatable bonds is 3. The fourth-order valence-electron chi connectivity index (χ4n) is 4.68. The largest absolute Gasteiger partial charge is 0.359 e. The zero-order valence-corrected chi connectivity index (χ0v) is 17.4. The third-order valence-corrected chi connectivity index (χ3v) is 6.46. The van der Waals surface area contributed by atoms with Crippen molar-refractivity contribution in [1.82, 2.24) is 15.2 Å². The molecular formula is C23H28N6O. The summed E-state index contributed by atoms with van der Waals surface area (Å²) < 4.78 is 0. The van der Waals surface area contributed by atoms with Crippen LogP contribution in [0.4, 0.5) is 5.82 Å². The van der Waals surface area contributed by atoms with E-state index in [4.69, 9.17) is 15.0 Å². The summed E-state index contributed by atoms with van der Waals surface area (Å²) in [6.07, 6.45) is 1.76. The number of likely N-dealkylation sites (tertiary alicyclic amines) is 1. The number of anilines is 1. The Morgan fingerprint density at radius 2 is 1.77 bits per heavy atom. The fraction of sp³-hybridized carbons (Fsp3) is 0.478. The van der Waals surface area contributed by atoms with Crippen molar-refractivity contribution in [3.63, 3.8) is 0 Å². The van der Waals surface area contributed by atoms with Gasteiger partial charge in [-0.25, -0.2) is 4.98 Å². The molecule has 1 N–H and O–H groups in total. The summed E-state index contributed by atoms with van der Waals surface area (Å²) in [5.41, 5.74) is 2.19. The molecule has 30 heavy (non-hydrogen) atoms. The van der Waals surface area contributed by atoms with Crippen LogP contribution in [0.5, 0.6) is 0 Å². The molecule has 1 aromatic heterocycles. The van der Waals surface area contributed by atoms with E-state index in [1.165, 1.54) is 5.39 Å². The van der Waals surface area contributed by atoms with Crippen molar-refractivity contribution in [1.29, 1.82) is 0 Å². The predicted octanol–water partition coefficient (Wildman–Crippen LogP) is 1.98. The van der Waals surface area contributed by atoms with Gasteiger partial charge in [0.15, 0.2) is 0 Å². The average molecular weight is 405 g/mol. The Morgan fingerprint density at radius 1 is 1.00 bits per heavy atom. The number of fused-ring (bicyclic) bond motifs is 1. The summed E-state index contributed by atoms with van der Waals surface area (Å²) in [5, 5.41) is 3.95. The second-order valence-corrected chi connectivity index (χ2v) is 8.31. The minimum atomic E-state index is 0.119. The number of carbonyl (C=O) groups is 1. The molecule has 0 unspecified atom stereocenters. The molecule has 2 aromatic rings. The van der Waals surface area contributed by atoms with Crippen molar-refractivity contribution in [2.75, 3.05) is 51.2 Å². The van der Waals surface area contributed by atoms with Crippen LogP contribution in [-0.2, 0) is 4.79 Å². The minimum absolute atomic E-state index is 0.119. The van der Waals surface area contributed by atoms with Crippen LogP contribution < -0.4 is 10.2 Å². The summed E-state index contributed by atoms with van der Waals surface area (Å²) in [6, 6.07) is 12.5. The molecule has 0 aliphatic carbocycles. The molecule has 1 amide bonds. The monoisotopic (exact) mass is 404 g/mol. The molecule has 2 fully saturated rings. The van der Waals surface area contributed by atoms with Gasteiger partial charge in [0.05, 0.1) is 24.3 Å². The van der Waals surface area contributed by atoms with E-state index in [1.807, 2.05) is 12.1 Å². The second-order valence-electron chi connectivity index (χ2n) is 8.31. The maximum absolute atomic E-state index is 11.9. The molecule has 0 spiro atoms. The van der Waals surface area contributed by atoms with Crippen LogP contribution in [-0.4, -0.2) is 73.7 Å². The van der Waals surface area contributed by atoms with Gasteiger partial charge in [-0.15, -0.1) is 0 Å². The van der Waals surface area contributed by atoms with Crippen molar-refractivity contribution < 1.29 is 4.79 Å². The molecule has 3 aliphatic rings. The standard InChI is InChI=1S/C23H28N6O/c1-24-23(30)17-8-12-28(13-9-17)22-21(25-10-11-26-22)18-14-29(15-18)20-7-6-16-4-2-3-5-19(16)27-20/h2-7,17-18H,8-15H2,1H3,(H,24,30). The van der Waals surface area contributed by atoms with Crippen LogP contribution in [0.1, 0.15) is 12.8 Å². The lowest BCUT2D eigenvalue weighted by atomic mass is 9.90. The van der Waals surface area contributed by atoms with E-state index in [-0.39, 0.29) is 11.8 Å². The topological polar surface area (TPSA) is 73.2 Å². The zero-order chi connectivity index (χ0) is 20.5. The molecule has 1 aromatic carbocycles. The van der Waals surface area contributed by atoms with Crippen molar-refractivity contribution >= 4 is 34.2 Å². The average Bonchev–Trinajstić information content (AvgIpc) is 2.78. The van der Waals surface area contributed by atoms with Crippen molar-refractivity contribution in [2.24, 2.45) is 21.8 Å². The lowest BCUT2D eigenvalue weighted by Crippen LogP contribution is -2.56. The number of amidine groups is 1. The molecule has 7 heteroatoms. The van der Waals surface area contributed by atoms with Crippen LogP contribution in [0.3, 0.4) is 0 Å². The molecule has 156 valence electrons. The Balaban J connectivity index is 1.24. The highest BCUT2D eigenvalue weighted by atomic mass is 16.1. The molecule has 2 saturated heterocycles. The van der Waals surface area contributed by atoms with E-state index in [1.54, 1.807) is 7.05 Å². The van der Waals surface area contributed by atoms with Gasteiger partial charge in [-0.3, -0.25) is 14.8 Å². The molecule has 0 atom stereocenters. The number of nitrogens with zero attached hydrogens (tertiary/aromatic N) is 5. The predicted molar refractivity (Wildman–Crippen MR) is 120 cm³/mol. The molecule has 3 aliphatic heterocycles. The van der Waals surface area contributed by atoms with Crippen LogP contribution in [0.15, 0.2) is 46.4 Å². The van der Waals surface area contributed by atoms with Gasteiger partial charge in [0.2, 0.25) is 5.91 Å². The van der Waals surface area contributed by atoms with E-state index < -0.39 is 0 Å². The Hall–Kier alpha value is -2.96. The van der Waals surface area contributed by atoms with Crippen molar-refractivity contribution in [2.45, 2.75) is 12.8 Å². The minimum Gasteiger partial charge on any atom is -0.359 e. The van der Waals surface area contributed by atoms with E-state index in [2.05, 4.69) is 39.4 Å². The van der Waals surface area contributed by atoms with E-state index in [0.29, 0.717) is 5.92 Å². The number of aromatic nitrogens is 1. The Kier molecular flexibility index (Phi) is 5.11. The quantitative estimate of drug-likeness (QED) is 0.849. The first-order valence-corrected chi connectivity index (χ1v) is 10.9. The number of nitrogens with one attached hydrogen (secondary N) is 1. The summed E-state index contributed by atoms with van der Waals surface area (Å²) in [7, 11) is 1.72. The van der Waals surface area contributed by atoms with Gasteiger partial charge in [-0.2, -0.15) is 0 Å². The molecule has 5 rings (SSSR count). The van der Waals surface area contributed by atoms with Gasteiger partial charge >= 0.3 is 0 Å². The summed E-state index contributed by atoms with van der Waals surface area (Å²) in [6.45, 7) is 5.14. The SMILES string of the molecule is CNC(=O)C1CCN(C2=NCCN=C2C2CN(c3ccc4ccccc4n3)C2)CC1. The number of carbonyl (C=O) groups excluding carboxylic acids is 1. The van der Waals surface area contributed by atoms with Gasteiger partial charge in [-0.05, 0) is 31.0 Å². The van der Waals surface area contributed by atoms with Gasteiger partial charge in [0, 0.05) is 50.4 Å². The van der Waals surface area contributed by atoms with Crippen molar-refractivity contribution in [3.05, 3.63) is 36.4 Å². The molecule has 0 radical (unpaired) electrons. The number of piperidine rings is 1. The highest BCUT2D eigenvalue weighted by Crippen LogP contribution is 2.28. The smallest absolute Gasteiger partial charge is 0.222 e. The first kappa shape index (κ1) is 19.0. The number of para-hydroxylation sites is 1. The molecular weight excluding hydrogens is 376 g/mol. The number of hydrogen-bond donors (Lipinski definition) is 1. The number of hydrogen-bond acceptors (Lipinski definition) is 6. The van der Waals surface area contributed by atoms with Gasteiger partial charge in [0.1, 0.15) is 11.7 Å². The van der Waals surface area contributed by atoms with E-state index >= 15 is 0 Å². The number of aliphatic imine (C=N–C) groups is 2. The molecule has 0 bridgehead atoms. The lowest BCUT2D eigenvalue weighted by Gasteiger charge is -2.43. The fourth-order valence-corrected chi connectivity index (χ4v) is 4.68. The van der Waals surface area contributed by atoms with Crippen LogP contribution in [0.25, 0.3) is 10.9 Å². The zero-order valence-electron chi connectivity index (χ0n) is 17.4. The number of pyridine rings is 1. The Labute approximate surface area is 176 Å². The Morgan fingerprint density at radius 3 is 2.57 bits per heavy atom. The van der Waals surface area contributed by atoms with Crippen molar-refractivity contribution in [3.8, 4) is 0 Å². The highest BCUT2D eigenvalue weighted by molar-refractivity contribution is 6.42. The second kappa shape index (κ2) is 8.05. The van der Waals surface area contributed by atoms with E-state index in [0.717, 1.165) is 75.0 Å². The summed E-state index contributed by atoms with van der Waals surface area (Å²) >= 11 is 0. The molecule has 4 heterocycles. The van der Waals surface area contributed by atoms with Crippen LogP contribution >= 0.6 is 0 Å². The first-order valence-electron chi connectivity index (χ1n) is 10.9. The van der Waals surface area contributed by atoms with Gasteiger partial charge in [-0.1, -0.05) is 18.2 Å². The Bertz CT molecular complexity index is 1000. The molecule has 7 nitrogen and oxygen atoms in total. The normalized spacial score (nSPS) is 20.6. The summed E-state index contributed by atoms with van der Waals surface area (Å²) in [4.78, 5) is 31.1. The maximum Gasteiger partial charge on any atom is 0.222 e. The number of amides is 1. The number of benzene rings is 1. The maximum atomic E-state index is 11.9. The lowest BCUT2D eigenvalue weighted by molar-refractivity contribution is -0.125. The third kappa shape index (κ3) is 3.53. The molecule has 0 saturated carbocycles.